The second kappa shape index (κ2) is 4.88. The molecule has 20 heavy (non-hydrogen) atoms. The molecule has 1 unspecified atom stereocenters. The second-order valence-electron chi connectivity index (χ2n) is 4.21. The van der Waals surface area contributed by atoms with E-state index in [-0.39, 0.29) is 18.7 Å². The molecule has 0 radical (unpaired) electrons. The van der Waals surface area contributed by atoms with E-state index in [4.69, 9.17) is 10.7 Å². The molecule has 0 bridgehead atoms. The van der Waals surface area contributed by atoms with Gasteiger partial charge in [0.2, 0.25) is 15.0 Å². The Kier molecular flexibility index (Phi) is 3.67. The number of rotatable bonds is 2. The number of nitrogens with zero attached hydrogens (tertiary/aromatic N) is 2. The smallest absolute Gasteiger partial charge is 0.309 e. The Morgan fingerprint density at radius 3 is 2.40 bits per heavy atom. The average Bonchev–Trinajstić information content (AvgIpc) is 2.70. The molecule has 0 aliphatic carbocycles. The summed E-state index contributed by atoms with van der Waals surface area (Å²) < 4.78 is 59.4. The van der Waals surface area contributed by atoms with Gasteiger partial charge in [-0.25, -0.2) is 13.4 Å². The first-order valence-corrected chi connectivity index (χ1v) is 7.73. The van der Waals surface area contributed by atoms with Gasteiger partial charge in [0.05, 0.1) is 11.9 Å². The number of halogens is 4. The third kappa shape index (κ3) is 3.04. The SMILES string of the molecule is O=C1CC(S(=O)(=O)Cl)CN1c1ccc(C(F)(F)F)nc1. The lowest BCUT2D eigenvalue weighted by molar-refractivity contribution is -0.141. The molecule has 110 valence electrons. The van der Waals surface area contributed by atoms with E-state index in [0.717, 1.165) is 23.2 Å². The molecule has 1 atom stereocenters. The summed E-state index contributed by atoms with van der Waals surface area (Å²) in [6.45, 7) is -0.197. The van der Waals surface area contributed by atoms with Crippen molar-refractivity contribution < 1.29 is 26.4 Å². The Bertz CT molecular complexity index is 630. The number of amides is 1. The van der Waals surface area contributed by atoms with Crippen molar-refractivity contribution in [2.45, 2.75) is 17.8 Å². The monoisotopic (exact) mass is 328 g/mol. The Labute approximate surface area is 116 Å². The fraction of sp³-hybridized carbons (Fsp3) is 0.400. The van der Waals surface area contributed by atoms with E-state index in [1.54, 1.807) is 0 Å². The molecule has 5 nitrogen and oxygen atoms in total. The molecule has 0 saturated carbocycles. The predicted octanol–water partition coefficient (Wildman–Crippen LogP) is 1.77. The largest absolute Gasteiger partial charge is 0.433 e. The second-order valence-corrected chi connectivity index (χ2v) is 7.11. The van der Waals surface area contributed by atoms with E-state index < -0.39 is 32.1 Å². The lowest BCUT2D eigenvalue weighted by atomic mass is 10.3. The van der Waals surface area contributed by atoms with E-state index in [1.807, 2.05) is 0 Å². The lowest BCUT2D eigenvalue weighted by Crippen LogP contribution is -2.27. The zero-order valence-electron chi connectivity index (χ0n) is 9.76. The summed E-state index contributed by atoms with van der Waals surface area (Å²) in [4.78, 5) is 15.9. The first-order chi connectivity index (χ1) is 9.09. The minimum atomic E-state index is -4.57. The molecule has 1 aromatic heterocycles. The van der Waals surface area contributed by atoms with Gasteiger partial charge in [-0.2, -0.15) is 13.2 Å². The Morgan fingerprint density at radius 2 is 2.00 bits per heavy atom. The first kappa shape index (κ1) is 15.0. The molecular formula is C10H8ClF3N2O3S. The number of hydrogen-bond acceptors (Lipinski definition) is 4. The van der Waals surface area contributed by atoms with Gasteiger partial charge in [-0.05, 0) is 12.1 Å². The number of carbonyl (C=O) groups is 1. The van der Waals surface area contributed by atoms with Gasteiger partial charge < -0.3 is 4.90 Å². The minimum absolute atomic E-state index is 0.103. The van der Waals surface area contributed by atoms with Crippen LogP contribution in [-0.2, 0) is 20.0 Å². The number of alkyl halides is 3. The van der Waals surface area contributed by atoms with Crippen molar-refractivity contribution in [2.75, 3.05) is 11.4 Å². The van der Waals surface area contributed by atoms with Gasteiger partial charge in [-0.15, -0.1) is 0 Å². The highest BCUT2D eigenvalue weighted by atomic mass is 35.7. The molecule has 1 aliphatic rings. The summed E-state index contributed by atoms with van der Waals surface area (Å²) in [5.41, 5.74) is -0.986. The molecular weight excluding hydrogens is 321 g/mol. The van der Waals surface area contributed by atoms with Crippen molar-refractivity contribution in [2.24, 2.45) is 0 Å². The van der Waals surface area contributed by atoms with Crippen LogP contribution in [0.15, 0.2) is 18.3 Å². The van der Waals surface area contributed by atoms with Crippen molar-refractivity contribution >= 4 is 31.3 Å². The van der Waals surface area contributed by atoms with Crippen LogP contribution in [0.4, 0.5) is 18.9 Å². The maximum absolute atomic E-state index is 12.4. The van der Waals surface area contributed by atoms with Crippen LogP contribution in [0.5, 0.6) is 0 Å². The Hall–Kier alpha value is -1.35. The predicted molar refractivity (Wildman–Crippen MR) is 64.8 cm³/mol. The van der Waals surface area contributed by atoms with Crippen molar-refractivity contribution in [1.82, 2.24) is 4.98 Å². The Balaban J connectivity index is 2.23. The van der Waals surface area contributed by atoms with Crippen molar-refractivity contribution in [3.63, 3.8) is 0 Å². The number of pyridine rings is 1. The molecule has 2 heterocycles. The maximum atomic E-state index is 12.4. The van der Waals surface area contributed by atoms with E-state index in [1.165, 1.54) is 0 Å². The minimum Gasteiger partial charge on any atom is -0.309 e. The van der Waals surface area contributed by atoms with Gasteiger partial charge in [0, 0.05) is 23.6 Å². The standard InChI is InChI=1S/C10H8ClF3N2O3S/c11-20(18,19)7-3-9(17)16(5-7)6-1-2-8(15-4-6)10(12,13)14/h1-2,4,7H,3,5H2. The van der Waals surface area contributed by atoms with Gasteiger partial charge in [0.25, 0.3) is 0 Å². The van der Waals surface area contributed by atoms with Gasteiger partial charge in [0.1, 0.15) is 10.9 Å². The lowest BCUT2D eigenvalue weighted by Gasteiger charge is -2.16. The summed E-state index contributed by atoms with van der Waals surface area (Å²) in [7, 11) is 1.27. The van der Waals surface area contributed by atoms with Crippen LogP contribution in [0, 0.1) is 0 Å². The van der Waals surface area contributed by atoms with Crippen LogP contribution >= 0.6 is 10.7 Å². The third-order valence-electron chi connectivity index (χ3n) is 2.84. The fourth-order valence-electron chi connectivity index (χ4n) is 1.83. The van der Waals surface area contributed by atoms with Crippen LogP contribution in [0.3, 0.4) is 0 Å². The van der Waals surface area contributed by atoms with E-state index in [9.17, 15) is 26.4 Å². The number of carbonyl (C=O) groups excluding carboxylic acids is 1. The molecule has 1 aromatic rings. The van der Waals surface area contributed by atoms with Gasteiger partial charge in [0.15, 0.2) is 0 Å². The van der Waals surface area contributed by atoms with E-state index in [2.05, 4.69) is 4.98 Å². The summed E-state index contributed by atoms with van der Waals surface area (Å²) in [5.74, 6) is -0.527. The molecule has 0 N–H and O–H groups in total. The molecule has 0 spiro atoms. The van der Waals surface area contributed by atoms with E-state index in [0.29, 0.717) is 0 Å². The van der Waals surface area contributed by atoms with Crippen LogP contribution in [0.2, 0.25) is 0 Å². The summed E-state index contributed by atoms with van der Waals surface area (Å²) in [6, 6.07) is 1.79. The first-order valence-electron chi connectivity index (χ1n) is 5.36. The number of anilines is 1. The van der Waals surface area contributed by atoms with Crippen molar-refractivity contribution in [3.05, 3.63) is 24.0 Å². The summed E-state index contributed by atoms with van der Waals surface area (Å²) in [6.07, 6.45) is -3.99. The highest BCUT2D eigenvalue weighted by molar-refractivity contribution is 8.14. The maximum Gasteiger partial charge on any atom is 0.433 e. The summed E-state index contributed by atoms with van der Waals surface area (Å²) in [5, 5.41) is -1.07. The summed E-state index contributed by atoms with van der Waals surface area (Å²) >= 11 is 0. The van der Waals surface area contributed by atoms with Gasteiger partial charge in [-0.1, -0.05) is 0 Å². The third-order valence-corrected chi connectivity index (χ3v) is 4.71. The van der Waals surface area contributed by atoms with Crippen LogP contribution in [0.1, 0.15) is 12.1 Å². The van der Waals surface area contributed by atoms with E-state index >= 15 is 0 Å². The molecule has 2 rings (SSSR count). The zero-order valence-corrected chi connectivity index (χ0v) is 11.3. The van der Waals surface area contributed by atoms with Crippen LogP contribution in [-0.4, -0.2) is 31.1 Å². The highest BCUT2D eigenvalue weighted by Gasteiger charge is 2.38. The normalized spacial score (nSPS) is 20.5. The molecule has 1 amide bonds. The molecule has 1 saturated heterocycles. The van der Waals surface area contributed by atoms with Crippen molar-refractivity contribution in [1.29, 1.82) is 0 Å². The Morgan fingerprint density at radius 1 is 1.35 bits per heavy atom. The topological polar surface area (TPSA) is 67.3 Å². The quantitative estimate of drug-likeness (QED) is 0.776. The number of aromatic nitrogens is 1. The van der Waals surface area contributed by atoms with Gasteiger partial charge >= 0.3 is 6.18 Å². The zero-order chi connectivity index (χ0) is 15.1. The molecule has 10 heteroatoms. The van der Waals surface area contributed by atoms with Crippen LogP contribution in [0.25, 0.3) is 0 Å². The number of hydrogen-bond donors (Lipinski definition) is 0. The highest BCUT2D eigenvalue weighted by Crippen LogP contribution is 2.30. The molecule has 1 fully saturated rings. The fourth-order valence-corrected chi connectivity index (χ4v) is 2.85. The average molecular weight is 329 g/mol. The van der Waals surface area contributed by atoms with Crippen LogP contribution < -0.4 is 4.90 Å². The molecule has 1 aliphatic heterocycles. The molecule has 0 aromatic carbocycles. The van der Waals surface area contributed by atoms with Gasteiger partial charge in [-0.3, -0.25) is 4.79 Å². The van der Waals surface area contributed by atoms with Crippen molar-refractivity contribution in [3.8, 4) is 0 Å².